The highest BCUT2D eigenvalue weighted by atomic mass is 32.2. The van der Waals surface area contributed by atoms with E-state index >= 15 is 0 Å². The van der Waals surface area contributed by atoms with Crippen LogP contribution < -0.4 is 10.1 Å². The van der Waals surface area contributed by atoms with Gasteiger partial charge < -0.3 is 10.1 Å². The van der Waals surface area contributed by atoms with Crippen molar-refractivity contribution in [1.82, 2.24) is 5.32 Å². The van der Waals surface area contributed by atoms with Crippen LogP contribution in [0.2, 0.25) is 0 Å². The van der Waals surface area contributed by atoms with E-state index in [2.05, 4.69) is 5.32 Å². The molecule has 1 aliphatic carbocycles. The molecule has 1 N–H and O–H groups in total. The summed E-state index contributed by atoms with van der Waals surface area (Å²) in [7, 11) is -1.95. The fourth-order valence-corrected chi connectivity index (χ4v) is 4.88. The number of methoxy groups -OCH3 is 1. The van der Waals surface area contributed by atoms with Gasteiger partial charge in [0.05, 0.1) is 23.8 Å². The van der Waals surface area contributed by atoms with Crippen LogP contribution in [0.3, 0.4) is 0 Å². The van der Waals surface area contributed by atoms with Crippen molar-refractivity contribution in [2.75, 3.05) is 19.4 Å². The number of benzene rings is 1. The number of nitriles is 1. The molecule has 0 aromatic heterocycles. The first kappa shape index (κ1) is 18.3. The number of hydrogen-bond acceptors (Lipinski definition) is 5. The average molecular weight is 350 g/mol. The number of ether oxygens (including phenoxy) is 1. The Labute approximate surface area is 142 Å². The van der Waals surface area contributed by atoms with E-state index in [9.17, 15) is 13.2 Å². The molecular weight excluding hydrogens is 328 g/mol. The van der Waals surface area contributed by atoms with E-state index in [0.717, 1.165) is 12.8 Å². The van der Waals surface area contributed by atoms with Crippen LogP contribution in [0.15, 0.2) is 29.2 Å². The first-order valence-corrected chi connectivity index (χ1v) is 9.64. The molecule has 0 saturated heterocycles. The lowest BCUT2D eigenvalue weighted by Crippen LogP contribution is -2.39. The highest BCUT2D eigenvalue weighted by molar-refractivity contribution is 7.91. The molecule has 0 radical (unpaired) electrons. The minimum Gasteiger partial charge on any atom is -0.497 e. The summed E-state index contributed by atoms with van der Waals surface area (Å²) in [5, 5.41) is 11.1. The summed E-state index contributed by atoms with van der Waals surface area (Å²) in [5.74, 6) is -0.236. The van der Waals surface area contributed by atoms with Gasteiger partial charge >= 0.3 is 0 Å². The van der Waals surface area contributed by atoms with Gasteiger partial charge in [0.2, 0.25) is 5.91 Å². The van der Waals surface area contributed by atoms with Crippen LogP contribution in [0.25, 0.3) is 0 Å². The van der Waals surface area contributed by atoms with Crippen molar-refractivity contribution in [2.24, 2.45) is 11.8 Å². The Balaban J connectivity index is 2.13. The quantitative estimate of drug-likeness (QED) is 0.791. The molecule has 1 saturated carbocycles. The molecule has 2 unspecified atom stereocenters. The number of carbonyl (C=O) groups is 1. The molecule has 2 atom stereocenters. The fourth-order valence-electron chi connectivity index (χ4n) is 3.17. The largest absolute Gasteiger partial charge is 0.497 e. The van der Waals surface area contributed by atoms with Crippen molar-refractivity contribution >= 4 is 15.7 Å². The third kappa shape index (κ3) is 4.48. The fraction of sp³-hybridized carbons (Fsp3) is 0.529. The molecule has 1 aliphatic rings. The lowest BCUT2D eigenvalue weighted by molar-refractivity contribution is -0.127. The molecule has 7 heteroatoms. The van der Waals surface area contributed by atoms with Gasteiger partial charge in [0.25, 0.3) is 0 Å². The number of rotatable bonds is 6. The first-order chi connectivity index (χ1) is 11.5. The van der Waals surface area contributed by atoms with Crippen molar-refractivity contribution in [3.05, 3.63) is 24.3 Å². The monoisotopic (exact) mass is 350 g/mol. The maximum absolute atomic E-state index is 12.7. The molecule has 0 spiro atoms. The van der Waals surface area contributed by atoms with Crippen molar-refractivity contribution < 1.29 is 17.9 Å². The van der Waals surface area contributed by atoms with Gasteiger partial charge in [-0.05, 0) is 43.0 Å². The molecule has 0 bridgehead atoms. The predicted octanol–water partition coefficient (Wildman–Crippen LogP) is 1.92. The topological polar surface area (TPSA) is 96.3 Å². The number of carbonyl (C=O) groups excluding carboxylic acids is 1. The summed E-state index contributed by atoms with van der Waals surface area (Å²) >= 11 is 0. The molecule has 6 nitrogen and oxygen atoms in total. The van der Waals surface area contributed by atoms with Crippen LogP contribution in [0.5, 0.6) is 5.75 Å². The highest BCUT2D eigenvalue weighted by Crippen LogP contribution is 2.33. The van der Waals surface area contributed by atoms with Gasteiger partial charge in [-0.1, -0.05) is 12.8 Å². The van der Waals surface area contributed by atoms with Gasteiger partial charge in [-0.25, -0.2) is 8.42 Å². The van der Waals surface area contributed by atoms with Gasteiger partial charge in [-0.3, -0.25) is 4.79 Å². The molecule has 0 heterocycles. The van der Waals surface area contributed by atoms with Crippen molar-refractivity contribution in [3.8, 4) is 11.8 Å². The Morgan fingerprint density at radius 2 is 1.96 bits per heavy atom. The van der Waals surface area contributed by atoms with E-state index in [4.69, 9.17) is 10.00 Å². The summed E-state index contributed by atoms with van der Waals surface area (Å²) in [4.78, 5) is 12.4. The van der Waals surface area contributed by atoms with E-state index in [1.807, 2.05) is 6.07 Å². The van der Waals surface area contributed by atoms with Crippen LogP contribution in [-0.4, -0.2) is 33.7 Å². The Morgan fingerprint density at radius 1 is 1.29 bits per heavy atom. The predicted molar refractivity (Wildman–Crippen MR) is 89.1 cm³/mol. The number of sulfone groups is 1. The lowest BCUT2D eigenvalue weighted by atomic mass is 9.80. The molecule has 24 heavy (non-hydrogen) atoms. The molecule has 1 amide bonds. The molecule has 2 rings (SSSR count). The van der Waals surface area contributed by atoms with Crippen molar-refractivity contribution in [3.63, 3.8) is 0 Å². The van der Waals surface area contributed by atoms with Gasteiger partial charge in [0, 0.05) is 5.92 Å². The third-order valence-corrected chi connectivity index (χ3v) is 6.30. The summed E-state index contributed by atoms with van der Waals surface area (Å²) in [6.07, 6.45) is 3.20. The molecule has 1 aromatic carbocycles. The minimum absolute atomic E-state index is 0.0483. The molecule has 1 aromatic rings. The Bertz CT molecular complexity index is 707. The summed E-state index contributed by atoms with van der Waals surface area (Å²) in [6.45, 7) is -0.0483. The molecule has 0 aliphatic heterocycles. The van der Waals surface area contributed by atoms with Gasteiger partial charge in [0.1, 0.15) is 12.3 Å². The van der Waals surface area contributed by atoms with E-state index in [-0.39, 0.29) is 34.9 Å². The average Bonchev–Trinajstić information content (AvgIpc) is 2.60. The van der Waals surface area contributed by atoms with E-state index in [0.29, 0.717) is 18.6 Å². The summed E-state index contributed by atoms with van der Waals surface area (Å²) in [5.41, 5.74) is 0. The second kappa shape index (κ2) is 8.15. The number of nitrogens with one attached hydrogen (secondary N) is 1. The van der Waals surface area contributed by atoms with Crippen LogP contribution in [0.1, 0.15) is 25.7 Å². The van der Waals surface area contributed by atoms with Gasteiger partial charge in [-0.15, -0.1) is 0 Å². The third-order valence-electron chi connectivity index (χ3n) is 4.44. The standard InChI is InChI=1S/C17H22N2O4S/c1-23-14-6-8-15(9-7-14)24(21,22)12-13-4-2-3-5-16(13)17(20)19-11-10-18/h6-9,13,16H,2-5,11-12H2,1H3,(H,19,20). The normalized spacial score (nSPS) is 20.8. The van der Waals surface area contributed by atoms with Crippen LogP contribution in [-0.2, 0) is 14.6 Å². The summed E-state index contributed by atoms with van der Waals surface area (Å²) < 4.78 is 30.4. The number of hydrogen-bond donors (Lipinski definition) is 1. The number of amides is 1. The molecular formula is C17H22N2O4S. The summed E-state index contributed by atoms with van der Waals surface area (Å²) in [6, 6.07) is 8.17. The molecule has 1 fully saturated rings. The van der Waals surface area contributed by atoms with Crippen molar-refractivity contribution in [2.45, 2.75) is 30.6 Å². The zero-order chi connectivity index (χ0) is 17.6. The maximum atomic E-state index is 12.7. The second-order valence-electron chi connectivity index (χ2n) is 5.98. The van der Waals surface area contributed by atoms with Crippen LogP contribution in [0.4, 0.5) is 0 Å². The van der Waals surface area contributed by atoms with E-state index in [1.165, 1.54) is 19.2 Å². The van der Waals surface area contributed by atoms with Crippen LogP contribution in [0, 0.1) is 23.2 Å². The SMILES string of the molecule is COc1ccc(S(=O)(=O)CC2CCCCC2C(=O)NCC#N)cc1. The highest BCUT2D eigenvalue weighted by Gasteiger charge is 2.34. The Kier molecular flexibility index (Phi) is 6.21. The van der Waals surface area contributed by atoms with Crippen LogP contribution >= 0.6 is 0 Å². The number of nitrogens with zero attached hydrogens (tertiary/aromatic N) is 1. The van der Waals surface area contributed by atoms with E-state index < -0.39 is 9.84 Å². The zero-order valence-corrected chi connectivity index (χ0v) is 14.5. The Morgan fingerprint density at radius 3 is 2.58 bits per heavy atom. The van der Waals surface area contributed by atoms with Gasteiger partial charge in [0.15, 0.2) is 9.84 Å². The molecule has 130 valence electrons. The lowest BCUT2D eigenvalue weighted by Gasteiger charge is -2.30. The second-order valence-corrected chi connectivity index (χ2v) is 8.02. The van der Waals surface area contributed by atoms with E-state index in [1.54, 1.807) is 12.1 Å². The first-order valence-electron chi connectivity index (χ1n) is 7.99. The van der Waals surface area contributed by atoms with Crippen molar-refractivity contribution in [1.29, 1.82) is 5.26 Å². The Hall–Kier alpha value is -2.07. The zero-order valence-electron chi connectivity index (χ0n) is 13.7. The smallest absolute Gasteiger partial charge is 0.224 e. The van der Waals surface area contributed by atoms with Gasteiger partial charge in [-0.2, -0.15) is 5.26 Å². The maximum Gasteiger partial charge on any atom is 0.224 e. The minimum atomic E-state index is -3.47.